The second-order valence-corrected chi connectivity index (χ2v) is 4.73. The third-order valence-electron chi connectivity index (χ3n) is 3.42. The van der Waals surface area contributed by atoms with Crippen molar-refractivity contribution in [3.05, 3.63) is 24.3 Å². The van der Waals surface area contributed by atoms with Gasteiger partial charge in [0.1, 0.15) is 5.54 Å². The molecule has 0 heterocycles. The SMILES string of the molecule is COc1ccccc1OCC(=O)NC1(C(=O)O)CCC1. The van der Waals surface area contributed by atoms with Gasteiger partial charge in [-0.1, -0.05) is 12.1 Å². The minimum atomic E-state index is -1.11. The summed E-state index contributed by atoms with van der Waals surface area (Å²) >= 11 is 0. The van der Waals surface area contributed by atoms with E-state index in [2.05, 4.69) is 5.32 Å². The highest BCUT2D eigenvalue weighted by atomic mass is 16.5. The van der Waals surface area contributed by atoms with Gasteiger partial charge in [-0.2, -0.15) is 0 Å². The molecule has 1 amide bonds. The van der Waals surface area contributed by atoms with Crippen LogP contribution in [0.4, 0.5) is 0 Å². The molecule has 6 heteroatoms. The molecule has 1 fully saturated rings. The lowest BCUT2D eigenvalue weighted by molar-refractivity contribution is -0.152. The lowest BCUT2D eigenvalue weighted by Crippen LogP contribution is -2.59. The first kappa shape index (κ1) is 14.2. The molecular weight excluding hydrogens is 262 g/mol. The van der Waals surface area contributed by atoms with E-state index in [0.717, 1.165) is 6.42 Å². The Kier molecular flexibility index (Phi) is 4.12. The zero-order valence-corrected chi connectivity index (χ0v) is 11.2. The third-order valence-corrected chi connectivity index (χ3v) is 3.42. The standard InChI is InChI=1S/C14H17NO5/c1-19-10-5-2-3-6-11(10)20-9-12(16)15-14(13(17)18)7-4-8-14/h2-3,5-6H,4,7-9H2,1H3,(H,15,16)(H,17,18). The maximum Gasteiger partial charge on any atom is 0.329 e. The second kappa shape index (κ2) is 5.81. The van der Waals surface area contributed by atoms with Gasteiger partial charge in [-0.25, -0.2) is 4.79 Å². The maximum absolute atomic E-state index is 11.8. The number of hydrogen-bond donors (Lipinski definition) is 2. The summed E-state index contributed by atoms with van der Waals surface area (Å²) in [6, 6.07) is 6.96. The molecule has 6 nitrogen and oxygen atoms in total. The van der Waals surface area contributed by atoms with Gasteiger partial charge < -0.3 is 19.9 Å². The number of amides is 1. The van der Waals surface area contributed by atoms with E-state index in [1.165, 1.54) is 7.11 Å². The topological polar surface area (TPSA) is 84.9 Å². The average molecular weight is 279 g/mol. The van der Waals surface area contributed by atoms with Crippen molar-refractivity contribution >= 4 is 11.9 Å². The molecule has 1 aliphatic rings. The van der Waals surface area contributed by atoms with E-state index >= 15 is 0 Å². The average Bonchev–Trinajstić information content (AvgIpc) is 2.40. The first-order chi connectivity index (χ1) is 9.57. The summed E-state index contributed by atoms with van der Waals surface area (Å²) in [5, 5.41) is 11.7. The van der Waals surface area contributed by atoms with Gasteiger partial charge in [-0.05, 0) is 31.4 Å². The van der Waals surface area contributed by atoms with Gasteiger partial charge in [0.05, 0.1) is 7.11 Å². The number of benzene rings is 1. The Morgan fingerprint density at radius 1 is 1.30 bits per heavy atom. The number of aliphatic carboxylic acids is 1. The number of carboxylic acid groups (broad SMARTS) is 1. The van der Waals surface area contributed by atoms with Gasteiger partial charge in [0, 0.05) is 0 Å². The van der Waals surface area contributed by atoms with Crippen LogP contribution in [0.2, 0.25) is 0 Å². The van der Waals surface area contributed by atoms with Crippen LogP contribution in [0.1, 0.15) is 19.3 Å². The van der Waals surface area contributed by atoms with Crippen LogP contribution in [0.3, 0.4) is 0 Å². The van der Waals surface area contributed by atoms with Gasteiger partial charge in [0.2, 0.25) is 0 Å². The number of nitrogens with one attached hydrogen (secondary N) is 1. The first-order valence-electron chi connectivity index (χ1n) is 6.38. The largest absolute Gasteiger partial charge is 0.493 e. The monoisotopic (exact) mass is 279 g/mol. The summed E-state index contributed by atoms with van der Waals surface area (Å²) < 4.78 is 10.5. The molecular formula is C14H17NO5. The lowest BCUT2D eigenvalue weighted by Gasteiger charge is -2.38. The minimum Gasteiger partial charge on any atom is -0.493 e. The Labute approximate surface area is 116 Å². The Hall–Kier alpha value is -2.24. The summed E-state index contributed by atoms with van der Waals surface area (Å²) in [5.41, 5.74) is -1.11. The fraction of sp³-hybridized carbons (Fsp3) is 0.429. The minimum absolute atomic E-state index is 0.241. The summed E-state index contributed by atoms with van der Waals surface area (Å²) in [4.78, 5) is 22.9. The van der Waals surface area contributed by atoms with Crippen LogP contribution < -0.4 is 14.8 Å². The molecule has 0 unspecified atom stereocenters. The van der Waals surface area contributed by atoms with E-state index in [1.807, 2.05) is 0 Å². The molecule has 2 N–H and O–H groups in total. The van der Waals surface area contributed by atoms with Crippen molar-refractivity contribution < 1.29 is 24.2 Å². The van der Waals surface area contributed by atoms with Crippen LogP contribution in [0.15, 0.2) is 24.3 Å². The summed E-state index contributed by atoms with van der Waals surface area (Å²) in [6.07, 6.45) is 1.73. The number of carbonyl (C=O) groups excluding carboxylic acids is 1. The number of methoxy groups -OCH3 is 1. The molecule has 0 bridgehead atoms. The normalized spacial score (nSPS) is 15.8. The van der Waals surface area contributed by atoms with Crippen LogP contribution >= 0.6 is 0 Å². The van der Waals surface area contributed by atoms with Gasteiger partial charge in [0.15, 0.2) is 18.1 Å². The van der Waals surface area contributed by atoms with E-state index < -0.39 is 17.4 Å². The molecule has 0 atom stereocenters. The van der Waals surface area contributed by atoms with Crippen molar-refractivity contribution in [2.24, 2.45) is 0 Å². The molecule has 1 aliphatic carbocycles. The molecule has 108 valence electrons. The van der Waals surface area contributed by atoms with Crippen LogP contribution in [0, 0.1) is 0 Å². The highest BCUT2D eigenvalue weighted by Gasteiger charge is 2.45. The van der Waals surface area contributed by atoms with Crippen LogP contribution in [0.25, 0.3) is 0 Å². The summed E-state index contributed by atoms with van der Waals surface area (Å²) in [7, 11) is 1.51. The van der Waals surface area contributed by atoms with Crippen molar-refractivity contribution in [1.82, 2.24) is 5.32 Å². The Morgan fingerprint density at radius 2 is 1.95 bits per heavy atom. The smallest absolute Gasteiger partial charge is 0.329 e. The molecule has 1 aromatic rings. The van der Waals surface area contributed by atoms with Crippen molar-refractivity contribution in [2.75, 3.05) is 13.7 Å². The Morgan fingerprint density at radius 3 is 2.45 bits per heavy atom. The quantitative estimate of drug-likeness (QED) is 0.817. The molecule has 0 radical (unpaired) electrons. The number of rotatable bonds is 6. The van der Waals surface area contributed by atoms with Crippen LogP contribution in [-0.2, 0) is 9.59 Å². The third kappa shape index (κ3) is 2.84. The van der Waals surface area contributed by atoms with Crippen molar-refractivity contribution in [3.8, 4) is 11.5 Å². The van der Waals surface area contributed by atoms with Gasteiger partial charge in [0.25, 0.3) is 5.91 Å². The highest BCUT2D eigenvalue weighted by Crippen LogP contribution is 2.32. The highest BCUT2D eigenvalue weighted by molar-refractivity contribution is 5.88. The van der Waals surface area contributed by atoms with Gasteiger partial charge in [-0.3, -0.25) is 4.79 Å². The van der Waals surface area contributed by atoms with E-state index in [4.69, 9.17) is 14.6 Å². The Bertz CT molecular complexity index is 510. The second-order valence-electron chi connectivity index (χ2n) is 4.73. The molecule has 0 spiro atoms. The number of ether oxygens (including phenoxy) is 2. The van der Waals surface area contributed by atoms with Crippen LogP contribution in [0.5, 0.6) is 11.5 Å². The van der Waals surface area contributed by atoms with Gasteiger partial charge >= 0.3 is 5.97 Å². The molecule has 0 aromatic heterocycles. The zero-order valence-electron chi connectivity index (χ0n) is 11.2. The first-order valence-corrected chi connectivity index (χ1v) is 6.38. The summed E-state index contributed by atoms with van der Waals surface area (Å²) in [6.45, 7) is -0.241. The molecule has 0 saturated heterocycles. The van der Waals surface area contributed by atoms with Crippen molar-refractivity contribution in [3.63, 3.8) is 0 Å². The summed E-state index contributed by atoms with van der Waals surface area (Å²) in [5.74, 6) is -0.465. The fourth-order valence-electron chi connectivity index (χ4n) is 2.11. The van der Waals surface area contributed by atoms with Crippen molar-refractivity contribution in [1.29, 1.82) is 0 Å². The van der Waals surface area contributed by atoms with E-state index in [0.29, 0.717) is 24.3 Å². The lowest BCUT2D eigenvalue weighted by atomic mass is 9.77. The zero-order chi connectivity index (χ0) is 14.6. The van der Waals surface area contributed by atoms with E-state index in [9.17, 15) is 9.59 Å². The van der Waals surface area contributed by atoms with E-state index in [1.54, 1.807) is 24.3 Å². The molecule has 2 rings (SSSR count). The van der Waals surface area contributed by atoms with Crippen molar-refractivity contribution in [2.45, 2.75) is 24.8 Å². The maximum atomic E-state index is 11.8. The fourth-order valence-corrected chi connectivity index (χ4v) is 2.11. The number of carbonyl (C=O) groups is 2. The molecule has 0 aliphatic heterocycles. The Balaban J connectivity index is 1.91. The predicted molar refractivity (Wildman–Crippen MR) is 70.8 cm³/mol. The molecule has 1 saturated carbocycles. The molecule has 1 aromatic carbocycles. The van der Waals surface area contributed by atoms with Crippen LogP contribution in [-0.4, -0.2) is 36.2 Å². The molecule has 20 heavy (non-hydrogen) atoms. The van der Waals surface area contributed by atoms with Gasteiger partial charge in [-0.15, -0.1) is 0 Å². The number of hydrogen-bond acceptors (Lipinski definition) is 4. The number of para-hydroxylation sites is 2. The van der Waals surface area contributed by atoms with E-state index in [-0.39, 0.29) is 6.61 Å². The number of carboxylic acids is 1. The predicted octanol–water partition coefficient (Wildman–Crippen LogP) is 1.20.